The number of nitrogens with zero attached hydrogens (tertiary/aromatic N) is 1. The number of pyridine rings is 2. The molecule has 0 unspecified atom stereocenters. The Morgan fingerprint density at radius 1 is 0.690 bits per heavy atom. The van der Waals surface area contributed by atoms with Crippen molar-refractivity contribution in [1.29, 1.82) is 0 Å². The molecule has 0 radical (unpaired) electrons. The summed E-state index contributed by atoms with van der Waals surface area (Å²) in [6, 6.07) is 15.3. The number of hydrogen-bond donors (Lipinski definition) is 2. The number of benzene rings is 3. The van der Waals surface area contributed by atoms with Gasteiger partial charge < -0.3 is 14.9 Å². The molecule has 2 heterocycles. The lowest BCUT2D eigenvalue weighted by Crippen LogP contribution is -2.11. The first-order valence-electron chi connectivity index (χ1n) is 9.72. The molecule has 0 aliphatic heterocycles. The van der Waals surface area contributed by atoms with Gasteiger partial charge in [-0.2, -0.15) is 0 Å². The molecular weight excluding hydrogens is 362 g/mol. The van der Waals surface area contributed by atoms with E-state index in [-0.39, 0.29) is 10.9 Å². The van der Waals surface area contributed by atoms with Crippen molar-refractivity contribution in [3.8, 4) is 0 Å². The van der Waals surface area contributed by atoms with E-state index < -0.39 is 0 Å². The van der Waals surface area contributed by atoms with E-state index in [0.29, 0.717) is 32.6 Å². The van der Waals surface area contributed by atoms with E-state index in [1.165, 1.54) is 0 Å². The Bertz CT molecular complexity index is 1560. The Morgan fingerprint density at radius 3 is 1.76 bits per heavy atom. The zero-order chi connectivity index (χ0) is 20.3. The molecule has 0 aliphatic rings. The summed E-state index contributed by atoms with van der Waals surface area (Å²) in [6.45, 7) is 2.07. The summed E-state index contributed by atoms with van der Waals surface area (Å²) in [4.78, 5) is 35.0. The fourth-order valence-electron chi connectivity index (χ4n) is 3.98. The number of aryl methyl sites for hydroxylation is 1. The van der Waals surface area contributed by atoms with E-state index in [2.05, 4.69) is 16.9 Å². The molecule has 5 heteroatoms. The number of H-pyrrole nitrogens is 2. The molecule has 29 heavy (non-hydrogen) atoms. The first kappa shape index (κ1) is 17.5. The van der Waals surface area contributed by atoms with Crippen LogP contribution in [0.25, 0.3) is 43.6 Å². The molecule has 2 N–H and O–H groups in total. The Hall–Kier alpha value is -3.60. The molecule has 0 bridgehead atoms. The van der Waals surface area contributed by atoms with Crippen LogP contribution >= 0.6 is 0 Å². The third-order valence-corrected chi connectivity index (χ3v) is 5.69. The first-order valence-corrected chi connectivity index (χ1v) is 9.72. The molecule has 0 saturated heterocycles. The van der Waals surface area contributed by atoms with Gasteiger partial charge in [0.05, 0.1) is 11.0 Å². The number of hydrogen-bond acceptors (Lipinski definition) is 3. The lowest BCUT2D eigenvalue weighted by Gasteiger charge is -2.13. The highest BCUT2D eigenvalue weighted by atomic mass is 16.1. The predicted molar refractivity (Wildman–Crippen MR) is 121 cm³/mol. The smallest absolute Gasteiger partial charge is 0.197 e. The van der Waals surface area contributed by atoms with Gasteiger partial charge in [-0.05, 0) is 54.4 Å². The third kappa shape index (κ3) is 2.62. The van der Waals surface area contributed by atoms with Crippen LogP contribution in [0.1, 0.15) is 12.5 Å². The molecule has 0 spiro atoms. The van der Waals surface area contributed by atoms with E-state index in [0.717, 1.165) is 28.7 Å². The van der Waals surface area contributed by atoms with Crippen molar-refractivity contribution >= 4 is 49.3 Å². The molecule has 0 fully saturated rings. The number of rotatable bonds is 2. The minimum atomic E-state index is -0.0402. The van der Waals surface area contributed by atoms with Crippen LogP contribution in [0.3, 0.4) is 0 Å². The maximum absolute atomic E-state index is 13.2. The second-order valence-electron chi connectivity index (χ2n) is 7.71. The van der Waals surface area contributed by atoms with Gasteiger partial charge in [-0.1, -0.05) is 13.0 Å². The summed E-state index contributed by atoms with van der Waals surface area (Å²) in [5.74, 6) is 0. The fraction of sp³-hybridized carbons (Fsp3) is 0.167. The van der Waals surface area contributed by atoms with Crippen molar-refractivity contribution in [2.45, 2.75) is 13.3 Å². The predicted octanol–water partition coefficient (Wildman–Crippen LogP) is 4.30. The average molecular weight is 383 g/mol. The van der Waals surface area contributed by atoms with Crippen LogP contribution < -0.4 is 15.8 Å². The fourth-order valence-corrected chi connectivity index (χ4v) is 3.98. The summed E-state index contributed by atoms with van der Waals surface area (Å²) < 4.78 is 0. The van der Waals surface area contributed by atoms with Crippen molar-refractivity contribution in [2.75, 3.05) is 19.0 Å². The van der Waals surface area contributed by atoms with Crippen LogP contribution in [0, 0.1) is 0 Å². The molecule has 0 amide bonds. The zero-order valence-corrected chi connectivity index (χ0v) is 16.6. The van der Waals surface area contributed by atoms with Crippen LogP contribution in [0.2, 0.25) is 0 Å². The van der Waals surface area contributed by atoms with Crippen molar-refractivity contribution in [2.24, 2.45) is 0 Å². The molecule has 5 nitrogen and oxygen atoms in total. The number of fused-ring (bicyclic) bond motifs is 4. The molecule has 3 aromatic carbocycles. The molecule has 0 aliphatic carbocycles. The zero-order valence-electron chi connectivity index (χ0n) is 16.6. The average Bonchev–Trinajstić information content (AvgIpc) is 2.73. The quantitative estimate of drug-likeness (QED) is 0.447. The minimum Gasteiger partial charge on any atom is -0.378 e. The van der Waals surface area contributed by atoms with Crippen molar-refractivity contribution in [3.63, 3.8) is 0 Å². The molecule has 5 rings (SSSR count). The van der Waals surface area contributed by atoms with Crippen LogP contribution in [0.15, 0.2) is 58.1 Å². The molecule has 5 aromatic rings. The second-order valence-corrected chi connectivity index (χ2v) is 7.71. The Labute approximate surface area is 166 Å². The van der Waals surface area contributed by atoms with E-state index in [1.807, 2.05) is 55.4 Å². The Morgan fingerprint density at radius 2 is 1.21 bits per heavy atom. The summed E-state index contributed by atoms with van der Waals surface area (Å²) in [5.41, 5.74) is 4.92. The molecule has 2 aromatic heterocycles. The van der Waals surface area contributed by atoms with Gasteiger partial charge in [0.25, 0.3) is 0 Å². The van der Waals surface area contributed by atoms with Crippen molar-refractivity contribution in [3.05, 3.63) is 74.5 Å². The lowest BCUT2D eigenvalue weighted by atomic mass is 10.0. The van der Waals surface area contributed by atoms with Crippen LogP contribution in [-0.4, -0.2) is 24.1 Å². The highest BCUT2D eigenvalue weighted by Crippen LogP contribution is 2.24. The number of anilines is 1. The van der Waals surface area contributed by atoms with Crippen LogP contribution in [0.4, 0.5) is 5.69 Å². The van der Waals surface area contributed by atoms with Gasteiger partial charge in [0.2, 0.25) is 0 Å². The summed E-state index contributed by atoms with van der Waals surface area (Å²) in [5, 5.41) is 2.47. The minimum absolute atomic E-state index is 0.0187. The van der Waals surface area contributed by atoms with Gasteiger partial charge in [0.1, 0.15) is 0 Å². The number of nitrogens with one attached hydrogen (secondary N) is 2. The monoisotopic (exact) mass is 383 g/mol. The van der Waals surface area contributed by atoms with Gasteiger partial charge in [-0.25, -0.2) is 0 Å². The van der Waals surface area contributed by atoms with Gasteiger partial charge in [-0.3, -0.25) is 9.59 Å². The van der Waals surface area contributed by atoms with Gasteiger partial charge >= 0.3 is 0 Å². The second kappa shape index (κ2) is 6.21. The maximum Gasteiger partial charge on any atom is 0.197 e. The van der Waals surface area contributed by atoms with Gasteiger partial charge in [0, 0.05) is 52.4 Å². The Kier molecular flexibility index (Phi) is 3.74. The third-order valence-electron chi connectivity index (χ3n) is 5.69. The van der Waals surface area contributed by atoms with Gasteiger partial charge in [-0.15, -0.1) is 0 Å². The molecule has 0 atom stereocenters. The van der Waals surface area contributed by atoms with Crippen molar-refractivity contribution in [1.82, 2.24) is 9.97 Å². The maximum atomic E-state index is 13.2. The normalized spacial score (nSPS) is 11.7. The van der Waals surface area contributed by atoms with Crippen LogP contribution in [0.5, 0.6) is 0 Å². The SMILES string of the molecule is CCc1ccc2[nH]c3cc4c(=O)c5cc(N(C)C)ccc5[nH]c4cc3c(=O)c2c1. The van der Waals surface area contributed by atoms with E-state index in [4.69, 9.17) is 0 Å². The summed E-state index contributed by atoms with van der Waals surface area (Å²) in [6.07, 6.45) is 0.874. The number of aromatic amines is 2. The van der Waals surface area contributed by atoms with E-state index in [1.54, 1.807) is 12.1 Å². The topological polar surface area (TPSA) is 69.0 Å². The van der Waals surface area contributed by atoms with Gasteiger partial charge in [0.15, 0.2) is 10.9 Å². The highest BCUT2D eigenvalue weighted by molar-refractivity contribution is 6.03. The summed E-state index contributed by atoms with van der Waals surface area (Å²) in [7, 11) is 3.90. The standard InChI is InChI=1S/C24H21N3O2/c1-4-13-5-7-19-15(9-13)23(28)17-11-22-18(12-21(17)25-19)24(29)16-10-14(27(2)3)6-8-20(16)26-22/h5-12H,4H2,1-3H3,(H,25,28)(H,26,29). The van der Waals surface area contributed by atoms with E-state index in [9.17, 15) is 9.59 Å². The number of aromatic nitrogens is 2. The lowest BCUT2D eigenvalue weighted by molar-refractivity contribution is 1.13. The molecule has 144 valence electrons. The first-order chi connectivity index (χ1) is 14.0. The Balaban J connectivity index is 1.89. The van der Waals surface area contributed by atoms with Crippen molar-refractivity contribution < 1.29 is 0 Å². The highest BCUT2D eigenvalue weighted by Gasteiger charge is 2.12. The molecular formula is C24H21N3O2. The van der Waals surface area contributed by atoms with Crippen LogP contribution in [-0.2, 0) is 6.42 Å². The summed E-state index contributed by atoms with van der Waals surface area (Å²) >= 11 is 0. The largest absolute Gasteiger partial charge is 0.378 e. The van der Waals surface area contributed by atoms with E-state index >= 15 is 0 Å². The molecule has 0 saturated carbocycles.